The highest BCUT2D eigenvalue weighted by Crippen LogP contribution is 2.12. The van der Waals surface area contributed by atoms with Gasteiger partial charge in [-0.15, -0.1) is 0 Å². The lowest BCUT2D eigenvalue weighted by molar-refractivity contribution is -0.138. The van der Waals surface area contributed by atoms with Crippen LogP contribution in [0.5, 0.6) is 5.75 Å². The van der Waals surface area contributed by atoms with Crippen molar-refractivity contribution >= 4 is 11.9 Å². The molecule has 0 aromatic heterocycles. The van der Waals surface area contributed by atoms with Gasteiger partial charge in [0.15, 0.2) is 0 Å². The zero-order chi connectivity index (χ0) is 15.5. The maximum atomic E-state index is 10.9. The van der Waals surface area contributed by atoms with Gasteiger partial charge in [0.25, 0.3) is 0 Å². The van der Waals surface area contributed by atoms with Gasteiger partial charge in [0.1, 0.15) is 5.75 Å². The highest BCUT2D eigenvalue weighted by molar-refractivity contribution is 5.86. The fourth-order valence-corrected chi connectivity index (χ4v) is 0.961. The molecule has 5 nitrogen and oxygen atoms in total. The molecular weight excluding hydrogens is 260 g/mol. The molecule has 0 amide bonds. The van der Waals surface area contributed by atoms with Crippen LogP contribution in [-0.2, 0) is 19.1 Å². The van der Waals surface area contributed by atoms with Gasteiger partial charge >= 0.3 is 11.9 Å². The summed E-state index contributed by atoms with van der Waals surface area (Å²) in [4.78, 5) is 21.1. The molecule has 0 aliphatic carbocycles. The lowest BCUT2D eigenvalue weighted by Gasteiger charge is -2.05. The molecule has 0 aliphatic rings. The Labute approximate surface area is 118 Å². The van der Waals surface area contributed by atoms with Gasteiger partial charge in [-0.3, -0.25) is 0 Å². The van der Waals surface area contributed by atoms with E-state index in [9.17, 15) is 9.59 Å². The minimum absolute atomic E-state index is 0.0197. The molecule has 0 unspecified atom stereocenters. The maximum Gasteiger partial charge on any atom is 0.373 e. The number of para-hydroxylation sites is 1. The third-order valence-electron chi connectivity index (χ3n) is 1.93. The molecule has 1 aromatic rings. The van der Waals surface area contributed by atoms with Crippen LogP contribution in [0.3, 0.4) is 0 Å². The van der Waals surface area contributed by atoms with E-state index in [4.69, 9.17) is 4.74 Å². The lowest BCUT2D eigenvalue weighted by Crippen LogP contribution is -2.08. The third kappa shape index (κ3) is 7.00. The van der Waals surface area contributed by atoms with Crippen molar-refractivity contribution < 1.29 is 23.8 Å². The van der Waals surface area contributed by atoms with Gasteiger partial charge in [-0.2, -0.15) is 0 Å². The molecule has 1 rings (SSSR count). The predicted octanol–water partition coefficient (Wildman–Crippen LogP) is 2.49. The number of rotatable bonds is 4. The molecule has 0 spiro atoms. The van der Waals surface area contributed by atoms with Gasteiger partial charge in [-0.25, -0.2) is 9.59 Å². The third-order valence-corrected chi connectivity index (χ3v) is 1.93. The van der Waals surface area contributed by atoms with Crippen molar-refractivity contribution in [2.45, 2.75) is 6.92 Å². The van der Waals surface area contributed by atoms with Gasteiger partial charge in [0.05, 0.1) is 14.2 Å². The number of ether oxygens (including phenoxy) is 3. The fraction of sp³-hybridized carbons (Fsp3) is 0.200. The first-order chi connectivity index (χ1) is 9.42. The highest BCUT2D eigenvalue weighted by Gasteiger charge is 2.07. The normalized spacial score (nSPS) is 8.55. The van der Waals surface area contributed by atoms with Crippen LogP contribution in [0.25, 0.3) is 0 Å². The highest BCUT2D eigenvalue weighted by atomic mass is 16.6. The summed E-state index contributed by atoms with van der Waals surface area (Å²) >= 11 is 0. The van der Waals surface area contributed by atoms with E-state index in [1.807, 2.05) is 6.07 Å². The van der Waals surface area contributed by atoms with Crippen molar-refractivity contribution in [2.24, 2.45) is 0 Å². The van der Waals surface area contributed by atoms with Crippen LogP contribution >= 0.6 is 0 Å². The number of hydrogen-bond donors (Lipinski definition) is 0. The molecule has 0 radical (unpaired) electrons. The van der Waals surface area contributed by atoms with Crippen LogP contribution in [0.15, 0.2) is 54.8 Å². The van der Waals surface area contributed by atoms with Crippen molar-refractivity contribution in [1.29, 1.82) is 0 Å². The fourth-order valence-electron chi connectivity index (χ4n) is 0.961. The molecule has 0 saturated heterocycles. The van der Waals surface area contributed by atoms with Gasteiger partial charge in [0, 0.05) is 5.57 Å². The van der Waals surface area contributed by atoms with E-state index in [-0.39, 0.29) is 11.7 Å². The number of carbonyl (C=O) groups is 2. The van der Waals surface area contributed by atoms with E-state index >= 15 is 0 Å². The molecule has 108 valence electrons. The number of methoxy groups -OCH3 is 2. The zero-order valence-electron chi connectivity index (χ0n) is 11.8. The summed E-state index contributed by atoms with van der Waals surface area (Å²) < 4.78 is 13.8. The van der Waals surface area contributed by atoms with Crippen LogP contribution in [0, 0.1) is 0 Å². The summed E-state index contributed by atoms with van der Waals surface area (Å²) in [7, 11) is 2.61. The second-order valence-corrected chi connectivity index (χ2v) is 3.60. The molecule has 5 heteroatoms. The molecule has 20 heavy (non-hydrogen) atoms. The smallest absolute Gasteiger partial charge is 0.373 e. The monoisotopic (exact) mass is 278 g/mol. The van der Waals surface area contributed by atoms with Crippen LogP contribution in [0.1, 0.15) is 6.92 Å². The van der Waals surface area contributed by atoms with Gasteiger partial charge in [-0.1, -0.05) is 24.8 Å². The summed E-state index contributed by atoms with van der Waals surface area (Å²) in [5.74, 6) is -0.365. The van der Waals surface area contributed by atoms with E-state index in [1.54, 1.807) is 31.2 Å². The standard InChI is InChI=1S/C10H10O3.C5H8O2/c1-8(10(11)12-2)13-9-6-4-3-5-7-9;1-4(2)5(6)7-3/h3-7H,1H2,2H3;1H2,2-3H3. The van der Waals surface area contributed by atoms with Crippen molar-refractivity contribution in [2.75, 3.05) is 14.2 Å². The van der Waals surface area contributed by atoms with Crippen LogP contribution < -0.4 is 4.74 Å². The van der Waals surface area contributed by atoms with Gasteiger partial charge < -0.3 is 14.2 Å². The Morgan fingerprint density at radius 2 is 1.45 bits per heavy atom. The Balaban J connectivity index is 0.000000441. The van der Waals surface area contributed by atoms with Crippen molar-refractivity contribution in [3.63, 3.8) is 0 Å². The quantitative estimate of drug-likeness (QED) is 0.481. The van der Waals surface area contributed by atoms with E-state index in [1.165, 1.54) is 14.2 Å². The van der Waals surface area contributed by atoms with Gasteiger partial charge in [-0.05, 0) is 25.6 Å². The number of esters is 2. The number of benzene rings is 1. The van der Waals surface area contributed by atoms with Crippen LogP contribution in [0.4, 0.5) is 0 Å². The van der Waals surface area contributed by atoms with Crippen molar-refractivity contribution in [1.82, 2.24) is 0 Å². The first-order valence-electron chi connectivity index (χ1n) is 5.66. The number of hydrogen-bond acceptors (Lipinski definition) is 5. The van der Waals surface area contributed by atoms with Crippen LogP contribution in [-0.4, -0.2) is 26.2 Å². The Kier molecular flexibility index (Phi) is 8.18. The Morgan fingerprint density at radius 1 is 0.950 bits per heavy atom. The second-order valence-electron chi connectivity index (χ2n) is 3.60. The van der Waals surface area contributed by atoms with E-state index in [0.717, 1.165) is 0 Å². The molecule has 0 bridgehead atoms. The predicted molar refractivity (Wildman–Crippen MR) is 75.1 cm³/mol. The van der Waals surface area contributed by atoms with Crippen molar-refractivity contribution in [3.8, 4) is 5.75 Å². The summed E-state index contributed by atoms with van der Waals surface area (Å²) in [6.07, 6.45) is 0. The average molecular weight is 278 g/mol. The minimum Gasteiger partial charge on any atom is -0.466 e. The minimum atomic E-state index is -0.566. The molecular formula is C15H18O5. The first-order valence-corrected chi connectivity index (χ1v) is 5.66. The largest absolute Gasteiger partial charge is 0.466 e. The van der Waals surface area contributed by atoms with E-state index in [0.29, 0.717) is 11.3 Å². The topological polar surface area (TPSA) is 61.8 Å². The summed E-state index contributed by atoms with van der Waals surface area (Å²) in [6.45, 7) is 8.38. The second kappa shape index (κ2) is 9.38. The SMILES string of the molecule is C=C(C)C(=O)OC.C=C(Oc1ccccc1)C(=O)OC. The average Bonchev–Trinajstić information content (AvgIpc) is 2.47. The first kappa shape index (κ1) is 17.4. The summed E-state index contributed by atoms with van der Waals surface area (Å²) in [5, 5.41) is 0. The van der Waals surface area contributed by atoms with E-state index < -0.39 is 5.97 Å². The van der Waals surface area contributed by atoms with Crippen molar-refractivity contribution in [3.05, 3.63) is 54.8 Å². The molecule has 1 aromatic carbocycles. The maximum absolute atomic E-state index is 10.9. The zero-order valence-corrected chi connectivity index (χ0v) is 11.8. The Morgan fingerprint density at radius 3 is 1.80 bits per heavy atom. The molecule has 0 aliphatic heterocycles. The lowest BCUT2D eigenvalue weighted by atomic mass is 10.3. The number of carbonyl (C=O) groups excluding carboxylic acids is 2. The molecule has 0 fully saturated rings. The van der Waals surface area contributed by atoms with E-state index in [2.05, 4.69) is 22.6 Å². The molecule has 0 saturated carbocycles. The van der Waals surface area contributed by atoms with Gasteiger partial charge in [0.2, 0.25) is 5.76 Å². The Hall–Kier alpha value is -2.56. The summed E-state index contributed by atoms with van der Waals surface area (Å²) in [5.41, 5.74) is 0.433. The van der Waals surface area contributed by atoms with Crippen LogP contribution in [0.2, 0.25) is 0 Å². The molecule has 0 N–H and O–H groups in total. The molecule has 0 atom stereocenters. The molecule has 0 heterocycles. The Bertz CT molecular complexity index is 476. The summed E-state index contributed by atoms with van der Waals surface area (Å²) in [6, 6.07) is 8.93.